The Morgan fingerprint density at radius 3 is 2.76 bits per heavy atom. The van der Waals surface area contributed by atoms with Crippen LogP contribution in [0, 0.1) is 0 Å². The van der Waals surface area contributed by atoms with Crippen molar-refractivity contribution < 1.29 is 4.79 Å². The van der Waals surface area contributed by atoms with Gasteiger partial charge < -0.3 is 4.90 Å². The van der Waals surface area contributed by atoms with Crippen LogP contribution in [-0.2, 0) is 17.8 Å². The van der Waals surface area contributed by atoms with Gasteiger partial charge in [0, 0.05) is 12.2 Å². The summed E-state index contributed by atoms with van der Waals surface area (Å²) in [7, 11) is 0. The molecule has 0 fully saturated rings. The Morgan fingerprint density at radius 1 is 1.08 bits per heavy atom. The fraction of sp³-hybridized carbons (Fsp3) is 0.222. The van der Waals surface area contributed by atoms with Crippen LogP contribution in [0.5, 0.6) is 0 Å². The molecule has 0 radical (unpaired) electrons. The quantitative estimate of drug-likeness (QED) is 0.661. The van der Waals surface area contributed by atoms with Gasteiger partial charge in [0.2, 0.25) is 11.1 Å². The van der Waals surface area contributed by atoms with Crippen LogP contribution in [-0.4, -0.2) is 38.4 Å². The van der Waals surface area contributed by atoms with Crippen LogP contribution in [0.15, 0.2) is 59.8 Å². The number of hydrogen-bond donors (Lipinski definition) is 0. The van der Waals surface area contributed by atoms with E-state index in [1.165, 1.54) is 17.3 Å². The monoisotopic (exact) mass is 351 g/mol. The first-order chi connectivity index (χ1) is 12.3. The second kappa shape index (κ2) is 7.06. The Bertz CT molecular complexity index is 880. The molecule has 7 heteroatoms. The van der Waals surface area contributed by atoms with Crippen molar-refractivity contribution >= 4 is 23.4 Å². The molecule has 1 aliphatic rings. The zero-order chi connectivity index (χ0) is 17.1. The lowest BCUT2D eigenvalue weighted by Crippen LogP contribution is -2.30. The van der Waals surface area contributed by atoms with Crippen molar-refractivity contribution in [3.8, 4) is 0 Å². The number of para-hydroxylation sites is 1. The fourth-order valence-electron chi connectivity index (χ4n) is 2.96. The summed E-state index contributed by atoms with van der Waals surface area (Å²) in [5.41, 5.74) is 3.38. The van der Waals surface area contributed by atoms with E-state index in [1.807, 2.05) is 53.4 Å². The van der Waals surface area contributed by atoms with Gasteiger partial charge in [0.15, 0.2) is 0 Å². The minimum absolute atomic E-state index is 0.0872. The number of tetrazole rings is 1. The normalized spacial score (nSPS) is 13.0. The lowest BCUT2D eigenvalue weighted by molar-refractivity contribution is -0.116. The average molecular weight is 351 g/mol. The minimum atomic E-state index is 0.0872. The van der Waals surface area contributed by atoms with Gasteiger partial charge in [0.1, 0.15) is 0 Å². The van der Waals surface area contributed by atoms with Gasteiger partial charge in [-0.25, -0.2) is 4.68 Å². The number of nitrogens with zero attached hydrogens (tertiary/aromatic N) is 5. The smallest absolute Gasteiger partial charge is 0.237 e. The van der Waals surface area contributed by atoms with E-state index in [9.17, 15) is 4.79 Å². The van der Waals surface area contributed by atoms with E-state index in [-0.39, 0.29) is 5.91 Å². The van der Waals surface area contributed by atoms with Gasteiger partial charge in [-0.05, 0) is 34.0 Å². The first kappa shape index (κ1) is 15.8. The highest BCUT2D eigenvalue weighted by Gasteiger charge is 2.24. The summed E-state index contributed by atoms with van der Waals surface area (Å²) in [6, 6.07) is 18.1. The molecule has 1 amide bonds. The molecule has 4 rings (SSSR count). The molecule has 0 atom stereocenters. The van der Waals surface area contributed by atoms with E-state index in [4.69, 9.17) is 0 Å². The van der Waals surface area contributed by atoms with Crippen LogP contribution in [0.2, 0.25) is 0 Å². The molecule has 0 saturated heterocycles. The van der Waals surface area contributed by atoms with Crippen LogP contribution >= 0.6 is 11.8 Å². The molecule has 6 nitrogen and oxygen atoms in total. The largest absolute Gasteiger partial charge is 0.311 e. The van der Waals surface area contributed by atoms with Crippen LogP contribution in [0.25, 0.3) is 0 Å². The second-order valence-corrected chi connectivity index (χ2v) is 6.76. The number of fused-ring (bicyclic) bond motifs is 1. The van der Waals surface area contributed by atoms with Gasteiger partial charge in [-0.1, -0.05) is 60.3 Å². The summed E-state index contributed by atoms with van der Waals surface area (Å²) in [4.78, 5) is 14.5. The maximum atomic E-state index is 12.6. The molecular formula is C18H17N5OS. The topological polar surface area (TPSA) is 63.9 Å². The van der Waals surface area contributed by atoms with Crippen LogP contribution in [0.4, 0.5) is 5.69 Å². The third kappa shape index (κ3) is 3.41. The highest BCUT2D eigenvalue weighted by atomic mass is 32.2. The lowest BCUT2D eigenvalue weighted by Gasteiger charge is -2.16. The maximum Gasteiger partial charge on any atom is 0.237 e. The number of hydrogen-bond acceptors (Lipinski definition) is 5. The Labute approximate surface area is 149 Å². The lowest BCUT2D eigenvalue weighted by atomic mass is 10.2. The number of benzene rings is 2. The predicted octanol–water partition coefficient (Wildman–Crippen LogP) is 2.40. The van der Waals surface area contributed by atoms with Crippen molar-refractivity contribution in [3.63, 3.8) is 0 Å². The van der Waals surface area contributed by atoms with E-state index >= 15 is 0 Å². The van der Waals surface area contributed by atoms with Gasteiger partial charge in [-0.2, -0.15) is 0 Å². The first-order valence-corrected chi connectivity index (χ1v) is 9.11. The van der Waals surface area contributed by atoms with E-state index in [0.29, 0.717) is 17.5 Å². The van der Waals surface area contributed by atoms with Gasteiger partial charge in [-0.3, -0.25) is 4.79 Å². The van der Waals surface area contributed by atoms with E-state index in [0.717, 1.165) is 24.2 Å². The van der Waals surface area contributed by atoms with Crippen molar-refractivity contribution in [1.82, 2.24) is 20.2 Å². The Morgan fingerprint density at radius 2 is 1.88 bits per heavy atom. The van der Waals surface area contributed by atoms with Crippen molar-refractivity contribution in [3.05, 3.63) is 65.7 Å². The Balaban J connectivity index is 1.41. The molecule has 126 valence electrons. The SMILES string of the molecule is O=C(CSc1nnnn1Cc1ccccc1)N1CCc2ccccc21. The molecule has 1 aliphatic heterocycles. The number of aromatic nitrogens is 4. The summed E-state index contributed by atoms with van der Waals surface area (Å²) >= 11 is 1.38. The number of carbonyl (C=O) groups is 1. The van der Waals surface area contributed by atoms with E-state index < -0.39 is 0 Å². The highest BCUT2D eigenvalue weighted by molar-refractivity contribution is 7.99. The predicted molar refractivity (Wildman–Crippen MR) is 96.6 cm³/mol. The van der Waals surface area contributed by atoms with Crippen LogP contribution < -0.4 is 4.90 Å². The van der Waals surface area contributed by atoms with Crippen molar-refractivity contribution in [2.75, 3.05) is 17.2 Å². The third-order valence-electron chi connectivity index (χ3n) is 4.19. The summed E-state index contributed by atoms with van der Waals surface area (Å²) in [6.45, 7) is 1.34. The van der Waals surface area contributed by atoms with Crippen LogP contribution in [0.1, 0.15) is 11.1 Å². The summed E-state index contributed by atoms with van der Waals surface area (Å²) < 4.78 is 1.73. The molecule has 0 N–H and O–H groups in total. The first-order valence-electron chi connectivity index (χ1n) is 8.12. The second-order valence-electron chi connectivity index (χ2n) is 5.82. The molecule has 0 spiro atoms. The highest BCUT2D eigenvalue weighted by Crippen LogP contribution is 2.28. The van der Waals surface area contributed by atoms with Crippen molar-refractivity contribution in [2.24, 2.45) is 0 Å². The number of thioether (sulfide) groups is 1. The number of amides is 1. The van der Waals surface area contributed by atoms with E-state index in [2.05, 4.69) is 21.6 Å². The number of rotatable bonds is 5. The van der Waals surface area contributed by atoms with E-state index in [1.54, 1.807) is 4.68 Å². The van der Waals surface area contributed by atoms with Gasteiger partial charge in [0.05, 0.1) is 12.3 Å². The zero-order valence-corrected chi connectivity index (χ0v) is 14.4. The number of carbonyl (C=O) groups excluding carboxylic acids is 1. The molecule has 2 aromatic carbocycles. The zero-order valence-electron chi connectivity index (χ0n) is 13.6. The summed E-state index contributed by atoms with van der Waals surface area (Å²) in [6.07, 6.45) is 0.915. The third-order valence-corrected chi connectivity index (χ3v) is 5.13. The maximum absolute atomic E-state index is 12.6. The molecule has 0 saturated carbocycles. The van der Waals surface area contributed by atoms with Gasteiger partial charge in [0.25, 0.3) is 0 Å². The van der Waals surface area contributed by atoms with Crippen LogP contribution in [0.3, 0.4) is 0 Å². The molecule has 0 bridgehead atoms. The van der Waals surface area contributed by atoms with Crippen molar-refractivity contribution in [1.29, 1.82) is 0 Å². The molecule has 0 aliphatic carbocycles. The minimum Gasteiger partial charge on any atom is -0.311 e. The van der Waals surface area contributed by atoms with Crippen molar-refractivity contribution in [2.45, 2.75) is 18.1 Å². The number of anilines is 1. The standard InChI is InChI=1S/C18H17N5OS/c24-17(22-11-10-15-8-4-5-9-16(15)22)13-25-18-19-20-21-23(18)12-14-6-2-1-3-7-14/h1-9H,10-13H2. The molecule has 25 heavy (non-hydrogen) atoms. The average Bonchev–Trinajstić information content (AvgIpc) is 3.27. The molecule has 2 heterocycles. The molecule has 1 aromatic heterocycles. The molecule has 0 unspecified atom stereocenters. The summed E-state index contributed by atoms with van der Waals surface area (Å²) in [5, 5.41) is 12.5. The van der Waals surface area contributed by atoms with Gasteiger partial charge >= 0.3 is 0 Å². The molecule has 3 aromatic rings. The Hall–Kier alpha value is -2.67. The Kier molecular flexibility index (Phi) is 4.47. The molecular weight excluding hydrogens is 334 g/mol. The fourth-order valence-corrected chi connectivity index (χ4v) is 3.71. The van der Waals surface area contributed by atoms with Gasteiger partial charge in [-0.15, -0.1) is 5.10 Å². The summed E-state index contributed by atoms with van der Waals surface area (Å²) in [5.74, 6) is 0.410.